The van der Waals surface area contributed by atoms with Gasteiger partial charge in [0.05, 0.1) is 11.8 Å². The summed E-state index contributed by atoms with van der Waals surface area (Å²) >= 11 is 1.28. The Morgan fingerprint density at radius 2 is 1.83 bits per heavy atom. The monoisotopic (exact) mass is 413 g/mol. The van der Waals surface area contributed by atoms with Gasteiger partial charge in [0, 0.05) is 18.3 Å². The Kier molecular flexibility index (Phi) is 6.61. The average molecular weight is 413 g/mol. The number of carbonyl (C=O) groups excluding carboxylic acids is 2. The van der Waals surface area contributed by atoms with Crippen LogP contribution in [-0.2, 0) is 11.8 Å². The van der Waals surface area contributed by atoms with Gasteiger partial charge < -0.3 is 15.2 Å². The number of aromatic nitrogens is 3. The number of rotatable bonds is 7. The van der Waals surface area contributed by atoms with E-state index >= 15 is 0 Å². The molecule has 3 aromatic rings. The molecule has 2 amide bonds. The highest BCUT2D eigenvalue weighted by Crippen LogP contribution is 2.16. The molecule has 9 heteroatoms. The highest BCUT2D eigenvalue weighted by atomic mass is 32.2. The number of hydrogen-bond donors (Lipinski definition) is 2. The van der Waals surface area contributed by atoms with Crippen molar-refractivity contribution < 1.29 is 14.0 Å². The Morgan fingerprint density at radius 1 is 1.14 bits per heavy atom. The first-order chi connectivity index (χ1) is 13.9. The molecular weight excluding hydrogens is 393 g/mol. The van der Waals surface area contributed by atoms with Crippen LogP contribution in [0.3, 0.4) is 0 Å². The largest absolute Gasteiger partial charge is 0.346 e. The van der Waals surface area contributed by atoms with Crippen molar-refractivity contribution in [1.82, 2.24) is 20.1 Å². The number of thioether (sulfide) groups is 1. The third kappa shape index (κ3) is 5.64. The number of carbonyl (C=O) groups is 2. The van der Waals surface area contributed by atoms with Gasteiger partial charge in [-0.25, -0.2) is 4.39 Å². The van der Waals surface area contributed by atoms with Crippen molar-refractivity contribution >= 4 is 29.3 Å². The molecule has 0 unspecified atom stereocenters. The summed E-state index contributed by atoms with van der Waals surface area (Å²) in [5, 5.41) is 14.0. The lowest BCUT2D eigenvalue weighted by Gasteiger charge is -2.14. The summed E-state index contributed by atoms with van der Waals surface area (Å²) in [6.45, 7) is 1.83. The van der Waals surface area contributed by atoms with Crippen molar-refractivity contribution in [2.45, 2.75) is 18.1 Å². The minimum Gasteiger partial charge on any atom is -0.346 e. The van der Waals surface area contributed by atoms with Crippen LogP contribution in [0.25, 0.3) is 0 Å². The van der Waals surface area contributed by atoms with E-state index in [9.17, 15) is 14.0 Å². The van der Waals surface area contributed by atoms with E-state index in [0.29, 0.717) is 16.4 Å². The lowest BCUT2D eigenvalue weighted by molar-refractivity contribution is -0.113. The molecule has 2 N–H and O–H groups in total. The first kappa shape index (κ1) is 20.5. The molecule has 1 aromatic heterocycles. The van der Waals surface area contributed by atoms with E-state index < -0.39 is 0 Å². The molecule has 0 spiro atoms. The van der Waals surface area contributed by atoms with Crippen molar-refractivity contribution in [3.63, 3.8) is 0 Å². The second-order valence-corrected chi connectivity index (χ2v) is 7.33. The Hall–Kier alpha value is -3.20. The zero-order valence-electron chi connectivity index (χ0n) is 15.9. The maximum absolute atomic E-state index is 13.0. The van der Waals surface area contributed by atoms with Gasteiger partial charge in [-0.3, -0.25) is 9.59 Å². The van der Waals surface area contributed by atoms with Crippen LogP contribution in [0.5, 0.6) is 0 Å². The fourth-order valence-electron chi connectivity index (χ4n) is 2.55. The van der Waals surface area contributed by atoms with Gasteiger partial charge in [-0.1, -0.05) is 23.9 Å². The Labute approximate surface area is 171 Å². The molecule has 0 saturated heterocycles. The number of nitrogens with one attached hydrogen (secondary N) is 2. The van der Waals surface area contributed by atoms with Crippen molar-refractivity contribution in [3.05, 3.63) is 71.8 Å². The van der Waals surface area contributed by atoms with Crippen LogP contribution in [0.4, 0.5) is 10.1 Å². The summed E-state index contributed by atoms with van der Waals surface area (Å²) in [4.78, 5) is 24.5. The lowest BCUT2D eigenvalue weighted by Crippen LogP contribution is -2.26. The highest BCUT2D eigenvalue weighted by Gasteiger charge is 2.12. The van der Waals surface area contributed by atoms with Crippen molar-refractivity contribution in [1.29, 1.82) is 0 Å². The van der Waals surface area contributed by atoms with E-state index in [1.807, 2.05) is 6.92 Å². The maximum atomic E-state index is 13.0. The molecule has 0 saturated carbocycles. The summed E-state index contributed by atoms with van der Waals surface area (Å²) in [6.07, 6.45) is 1.57. The number of hydrogen-bond acceptors (Lipinski definition) is 5. The molecule has 0 aliphatic carbocycles. The van der Waals surface area contributed by atoms with E-state index in [1.54, 1.807) is 54.3 Å². The molecule has 0 radical (unpaired) electrons. The van der Waals surface area contributed by atoms with Crippen LogP contribution >= 0.6 is 11.8 Å². The van der Waals surface area contributed by atoms with Gasteiger partial charge in [0.2, 0.25) is 5.91 Å². The molecular formula is C20H20FN5O2S. The van der Waals surface area contributed by atoms with Crippen LogP contribution in [-0.4, -0.2) is 32.3 Å². The van der Waals surface area contributed by atoms with Gasteiger partial charge in [0.1, 0.15) is 12.1 Å². The quantitative estimate of drug-likeness (QED) is 0.581. The van der Waals surface area contributed by atoms with Gasteiger partial charge in [0.25, 0.3) is 5.91 Å². The fraction of sp³-hybridized carbons (Fsp3) is 0.200. The smallest absolute Gasteiger partial charge is 0.251 e. The molecule has 2 aromatic carbocycles. The Bertz CT molecular complexity index is 989. The van der Waals surface area contributed by atoms with E-state index in [0.717, 1.165) is 5.56 Å². The molecule has 0 aliphatic heterocycles. The molecule has 1 atom stereocenters. The standard InChI is InChI=1S/C20H20FN5O2S/c1-13(14-3-7-16(21)8-4-14)23-19(28)15-5-9-17(10-6-15)24-18(27)11-29-20-25-22-12-26(20)2/h3-10,12-13H,11H2,1-2H3,(H,23,28)(H,24,27)/t13-/m1/s1. The second kappa shape index (κ2) is 9.33. The third-order valence-corrected chi connectivity index (χ3v) is 5.19. The molecule has 0 bridgehead atoms. The lowest BCUT2D eigenvalue weighted by atomic mass is 10.1. The van der Waals surface area contributed by atoms with Gasteiger partial charge >= 0.3 is 0 Å². The zero-order valence-corrected chi connectivity index (χ0v) is 16.7. The van der Waals surface area contributed by atoms with Crippen LogP contribution < -0.4 is 10.6 Å². The van der Waals surface area contributed by atoms with Gasteiger partial charge in [-0.05, 0) is 48.9 Å². The molecule has 0 fully saturated rings. The third-order valence-electron chi connectivity index (χ3n) is 4.15. The zero-order chi connectivity index (χ0) is 20.8. The van der Waals surface area contributed by atoms with Crippen molar-refractivity contribution in [2.75, 3.05) is 11.1 Å². The number of nitrogens with zero attached hydrogens (tertiary/aromatic N) is 3. The number of halogens is 1. The number of anilines is 1. The van der Waals surface area contributed by atoms with Crippen LogP contribution in [0.15, 0.2) is 60.0 Å². The normalized spacial score (nSPS) is 11.7. The summed E-state index contributed by atoms with van der Waals surface area (Å²) in [7, 11) is 1.81. The summed E-state index contributed by atoms with van der Waals surface area (Å²) in [6, 6.07) is 12.3. The minimum atomic E-state index is -0.320. The van der Waals surface area contributed by atoms with Gasteiger partial charge in [0.15, 0.2) is 5.16 Å². The first-order valence-corrected chi connectivity index (χ1v) is 9.84. The van der Waals surface area contributed by atoms with Crippen molar-refractivity contribution in [2.24, 2.45) is 7.05 Å². The molecule has 0 aliphatic rings. The molecule has 150 valence electrons. The Morgan fingerprint density at radius 3 is 2.45 bits per heavy atom. The minimum absolute atomic E-state index is 0.180. The first-order valence-electron chi connectivity index (χ1n) is 8.85. The number of amides is 2. The second-order valence-electron chi connectivity index (χ2n) is 6.39. The number of benzene rings is 2. The topological polar surface area (TPSA) is 88.9 Å². The van der Waals surface area contributed by atoms with Crippen LogP contribution in [0.1, 0.15) is 28.9 Å². The predicted octanol–water partition coefficient (Wildman–Crippen LogP) is 3.18. The van der Waals surface area contributed by atoms with E-state index in [4.69, 9.17) is 0 Å². The number of aryl methyl sites for hydroxylation is 1. The predicted molar refractivity (Wildman–Crippen MR) is 109 cm³/mol. The average Bonchev–Trinajstić information content (AvgIpc) is 3.12. The molecule has 7 nitrogen and oxygen atoms in total. The van der Waals surface area contributed by atoms with E-state index in [1.165, 1.54) is 23.9 Å². The van der Waals surface area contributed by atoms with E-state index in [2.05, 4.69) is 20.8 Å². The molecule has 3 rings (SSSR count). The van der Waals surface area contributed by atoms with Crippen LogP contribution in [0.2, 0.25) is 0 Å². The summed E-state index contributed by atoms with van der Waals surface area (Å²) in [5.41, 5.74) is 1.87. The summed E-state index contributed by atoms with van der Waals surface area (Å²) in [5.74, 6) is -0.554. The van der Waals surface area contributed by atoms with E-state index in [-0.39, 0.29) is 29.4 Å². The fourth-order valence-corrected chi connectivity index (χ4v) is 3.24. The van der Waals surface area contributed by atoms with Crippen molar-refractivity contribution in [3.8, 4) is 0 Å². The Balaban J connectivity index is 1.52. The SMILES string of the molecule is C[C@@H](NC(=O)c1ccc(NC(=O)CSc2nncn2C)cc1)c1ccc(F)cc1. The van der Waals surface area contributed by atoms with Crippen LogP contribution in [0, 0.1) is 5.82 Å². The van der Waals surface area contributed by atoms with Gasteiger partial charge in [-0.15, -0.1) is 10.2 Å². The highest BCUT2D eigenvalue weighted by molar-refractivity contribution is 7.99. The molecule has 1 heterocycles. The van der Waals surface area contributed by atoms with Gasteiger partial charge in [-0.2, -0.15) is 0 Å². The summed E-state index contributed by atoms with van der Waals surface area (Å²) < 4.78 is 14.8. The maximum Gasteiger partial charge on any atom is 0.251 e. The molecule has 29 heavy (non-hydrogen) atoms.